The average molecular weight is 1350 g/mol. The Morgan fingerprint density at radius 2 is 0.600 bits per heavy atom. The van der Waals surface area contributed by atoms with Crippen LogP contribution in [-0.2, 0) is 30.5 Å². The molecule has 3 N–H and O–H groups in total. The van der Waals surface area contributed by atoms with E-state index in [1.807, 2.05) is 26.0 Å². The first kappa shape index (κ1) is 64.7. The van der Waals surface area contributed by atoms with E-state index in [0.29, 0.717) is 34.4 Å². The summed E-state index contributed by atoms with van der Waals surface area (Å²) in [5, 5.41) is 27.6. The monoisotopic (exact) mass is 1350 g/mol. The lowest BCUT2D eigenvalue weighted by molar-refractivity contribution is 0.425. The molecule has 1 radical (unpaired) electrons. The standard InChI is InChI=1S/C51H36B2O2S.C18H12BCl.C15H15B2O6S/c1-51(2)43-31-33(52-45-23-11-7-19-39(45)35-15-3-4-16-36(35)40-20-8-12-24-46(40)52)27-29-49(43)56(54,55)50-30-28-34(32-44(50)51)53-47-25-13-9-21-41(47)37-17-5-6-18-38(37)42-22-10-14-26-48(42)53;20-19-17-11-5-3-9-15(17)13-7-1-2-8-14(13)16-10-4-6-12-18(16)19;1-15(2)11-7-9(17(19)20)3-5-13(11)24(21,22)14-6-4-10(23-16-18)8-12(14)15/h3-32H,1-2H3;1-12H;3-8,18-20H,1-2H3. The highest BCUT2D eigenvalue weighted by Crippen LogP contribution is 2.48. The molecular formula is C84H63B5ClO8S2. The lowest BCUT2D eigenvalue weighted by Gasteiger charge is -2.36. The van der Waals surface area contributed by atoms with Crippen molar-refractivity contribution in [2.24, 2.45) is 0 Å². The molecule has 5 aliphatic rings. The fourth-order valence-electron chi connectivity index (χ4n) is 16.2. The zero-order valence-corrected chi connectivity index (χ0v) is 57.6. The summed E-state index contributed by atoms with van der Waals surface area (Å²) in [6, 6.07) is 98.5. The number of halogens is 1. The molecule has 5 aliphatic heterocycles. The minimum absolute atomic E-state index is 0.0908. The largest absolute Gasteiger partial charge is 0.569 e. The van der Waals surface area contributed by atoms with Crippen LogP contribution in [0.4, 0.5) is 0 Å². The van der Waals surface area contributed by atoms with Gasteiger partial charge < -0.3 is 19.7 Å². The Morgan fingerprint density at radius 1 is 0.340 bits per heavy atom. The van der Waals surface area contributed by atoms with E-state index < -0.39 is 37.6 Å². The zero-order chi connectivity index (χ0) is 69.0. The molecule has 13 aromatic rings. The summed E-state index contributed by atoms with van der Waals surface area (Å²) in [6.07, 6.45) is -0.102. The van der Waals surface area contributed by atoms with Gasteiger partial charge in [0.25, 0.3) is 0 Å². The Bertz CT molecular complexity index is 5340. The number of hydrogen-bond donors (Lipinski definition) is 3. The van der Waals surface area contributed by atoms with E-state index in [0.717, 1.165) is 22.1 Å². The summed E-state index contributed by atoms with van der Waals surface area (Å²) in [5.41, 5.74) is 25.6. The second kappa shape index (κ2) is 25.0. The molecule has 0 saturated carbocycles. The van der Waals surface area contributed by atoms with Crippen molar-refractivity contribution in [2.45, 2.75) is 58.1 Å². The molecule has 8 nitrogen and oxygen atoms in total. The fraction of sp³-hybridized carbons (Fsp3) is 0.0714. The maximum absolute atomic E-state index is 14.8. The Kier molecular flexibility index (Phi) is 16.2. The van der Waals surface area contributed by atoms with Crippen molar-refractivity contribution < 1.29 is 36.6 Å². The normalized spacial score (nSPS) is 14.8. The Hall–Kier alpha value is -9.95. The minimum atomic E-state index is -3.81. The van der Waals surface area contributed by atoms with Crippen LogP contribution in [0.2, 0.25) is 0 Å². The van der Waals surface area contributed by atoms with Gasteiger partial charge in [0, 0.05) is 10.8 Å². The molecule has 0 saturated heterocycles. The summed E-state index contributed by atoms with van der Waals surface area (Å²) in [5.74, 6) is 0.307. The second-order valence-electron chi connectivity index (χ2n) is 27.2. The van der Waals surface area contributed by atoms with E-state index in [1.165, 1.54) is 130 Å². The number of fused-ring (bicyclic) bond motifs is 19. The number of hydrogen-bond acceptors (Lipinski definition) is 8. The van der Waals surface area contributed by atoms with Crippen molar-refractivity contribution in [3.05, 3.63) is 313 Å². The highest BCUT2D eigenvalue weighted by atomic mass is 35.5. The van der Waals surface area contributed by atoms with Crippen LogP contribution in [0.3, 0.4) is 0 Å². The van der Waals surface area contributed by atoms with Gasteiger partial charge in [0.05, 0.1) is 19.6 Å². The quantitative estimate of drug-likeness (QED) is 0.145. The third-order valence-corrected chi connectivity index (χ3v) is 25.3. The van der Waals surface area contributed by atoms with Crippen molar-refractivity contribution in [2.75, 3.05) is 0 Å². The molecule has 0 amide bonds. The van der Waals surface area contributed by atoms with E-state index in [-0.39, 0.29) is 34.8 Å². The van der Waals surface area contributed by atoms with E-state index in [4.69, 9.17) is 21.1 Å². The predicted octanol–water partition coefficient (Wildman–Crippen LogP) is 10.9. The summed E-state index contributed by atoms with van der Waals surface area (Å²) in [6.45, 7) is 7.91. The molecule has 16 heteroatoms. The predicted molar refractivity (Wildman–Crippen MR) is 411 cm³/mol. The van der Waals surface area contributed by atoms with Crippen molar-refractivity contribution in [3.8, 4) is 72.5 Å². The Labute approximate surface area is 591 Å². The fourth-order valence-corrected chi connectivity index (χ4v) is 20.5. The van der Waals surface area contributed by atoms with E-state index in [9.17, 15) is 26.9 Å². The molecule has 0 fully saturated rings. The highest BCUT2D eigenvalue weighted by Gasteiger charge is 2.45. The molecule has 13 aromatic carbocycles. The van der Waals surface area contributed by atoms with Crippen LogP contribution >= 0.6 is 11.5 Å². The summed E-state index contributed by atoms with van der Waals surface area (Å²) < 4.78 is 60.3. The van der Waals surface area contributed by atoms with Gasteiger partial charge in [-0.15, -0.1) is 0 Å². The minimum Gasteiger partial charge on any atom is -0.537 e. The van der Waals surface area contributed by atoms with Gasteiger partial charge in [0.1, 0.15) is 5.75 Å². The second-order valence-corrected chi connectivity index (χ2v) is 31.4. The summed E-state index contributed by atoms with van der Waals surface area (Å²) in [4.78, 5) is 1.10. The van der Waals surface area contributed by atoms with Crippen molar-refractivity contribution >= 4 is 115 Å². The van der Waals surface area contributed by atoms with Crippen molar-refractivity contribution in [1.29, 1.82) is 0 Å². The molecule has 5 heterocycles. The average Bonchev–Trinajstić information content (AvgIpc) is 0.831. The Morgan fingerprint density at radius 3 is 0.920 bits per heavy atom. The maximum Gasteiger partial charge on any atom is 0.569 e. The van der Waals surface area contributed by atoms with Gasteiger partial charge in [-0.3, -0.25) is 0 Å². The topological polar surface area (TPSA) is 138 Å². The van der Waals surface area contributed by atoms with Crippen LogP contribution in [0.15, 0.2) is 311 Å². The van der Waals surface area contributed by atoms with Crippen LogP contribution in [0, 0.1) is 0 Å². The van der Waals surface area contributed by atoms with Crippen LogP contribution in [0.5, 0.6) is 5.75 Å². The smallest absolute Gasteiger partial charge is 0.537 e. The van der Waals surface area contributed by atoms with E-state index >= 15 is 0 Å². The summed E-state index contributed by atoms with van der Waals surface area (Å²) >= 11 is 6.77. The molecule has 0 spiro atoms. The van der Waals surface area contributed by atoms with Gasteiger partial charge >= 0.3 is 20.9 Å². The first-order valence-corrected chi connectivity index (χ1v) is 36.8. The van der Waals surface area contributed by atoms with Crippen molar-refractivity contribution in [1.82, 2.24) is 0 Å². The maximum atomic E-state index is 14.8. The van der Waals surface area contributed by atoms with E-state index in [1.54, 1.807) is 6.07 Å². The molecule has 0 aromatic heterocycles. The SMILES string of the molecule is CC1(C)c2cc(B3c4ccccc4-c4ccccc4-c4ccccc43)ccc2S(=O)(=O)c2ccc(B3c4ccccc4-c4ccccc4-c4ccccc43)cc21.CC1(C)c2cc(O[B]O)ccc2S(=O)(=O)c2ccc(B(O)O)cc21.ClB1c2ccccc2-c2ccccc2-c2ccccc21. The molecular weight excluding hydrogens is 1290 g/mol. The van der Waals surface area contributed by atoms with Crippen LogP contribution in [0.1, 0.15) is 49.9 Å². The van der Waals surface area contributed by atoms with Gasteiger partial charge in [-0.25, -0.2) is 16.8 Å². The van der Waals surface area contributed by atoms with Gasteiger partial charge in [0.2, 0.25) is 33.1 Å². The lowest BCUT2D eigenvalue weighted by atomic mass is 9.35. The van der Waals surface area contributed by atoms with Gasteiger partial charge in [0.15, 0.2) is 0 Å². The Balaban J connectivity index is 0.000000144. The van der Waals surface area contributed by atoms with Gasteiger partial charge in [-0.2, -0.15) is 11.5 Å². The number of benzene rings is 13. The molecule has 0 atom stereocenters. The van der Waals surface area contributed by atoms with Crippen LogP contribution in [-0.4, -0.2) is 66.3 Å². The van der Waals surface area contributed by atoms with Gasteiger partial charge in [-0.05, 0) is 142 Å². The lowest BCUT2D eigenvalue weighted by Crippen LogP contribution is -2.53. The van der Waals surface area contributed by atoms with Crippen molar-refractivity contribution in [3.63, 3.8) is 0 Å². The van der Waals surface area contributed by atoms with Crippen LogP contribution < -0.4 is 53.8 Å². The summed E-state index contributed by atoms with van der Waals surface area (Å²) in [7, 11) is -8.71. The molecule has 0 bridgehead atoms. The molecule has 0 aliphatic carbocycles. The third-order valence-electron chi connectivity index (χ3n) is 21.0. The zero-order valence-electron chi connectivity index (χ0n) is 55.2. The van der Waals surface area contributed by atoms with Crippen LogP contribution in [0.25, 0.3) is 66.8 Å². The third kappa shape index (κ3) is 10.5. The molecule has 481 valence electrons. The molecule has 100 heavy (non-hydrogen) atoms. The van der Waals surface area contributed by atoms with E-state index in [2.05, 4.69) is 257 Å². The number of sulfone groups is 2. The highest BCUT2D eigenvalue weighted by molar-refractivity contribution is 7.92. The number of rotatable bonds is 5. The first-order chi connectivity index (χ1) is 48.4. The molecule has 18 rings (SSSR count). The first-order valence-electron chi connectivity index (χ1n) is 33.4. The molecule has 0 unspecified atom stereocenters. The van der Waals surface area contributed by atoms with Gasteiger partial charge in [-0.1, -0.05) is 315 Å².